The summed E-state index contributed by atoms with van der Waals surface area (Å²) in [6, 6.07) is 22.2. The van der Waals surface area contributed by atoms with E-state index in [9.17, 15) is 0 Å². The van der Waals surface area contributed by atoms with Crippen molar-refractivity contribution in [3.8, 4) is 22.5 Å². The molecule has 0 bridgehead atoms. The number of benzene rings is 2. The quantitative estimate of drug-likeness (QED) is 0.0640. The van der Waals surface area contributed by atoms with E-state index in [-0.39, 0.29) is 40.7 Å². The summed E-state index contributed by atoms with van der Waals surface area (Å²) < 4.78 is 0. The van der Waals surface area contributed by atoms with E-state index in [0.717, 1.165) is 55.4 Å². The van der Waals surface area contributed by atoms with Crippen LogP contribution >= 0.6 is 0 Å². The Kier molecular flexibility index (Phi) is 19.8. The van der Waals surface area contributed by atoms with Crippen molar-refractivity contribution in [3.05, 3.63) is 120 Å². The number of nitrogens with zero attached hydrogens (tertiary/aromatic N) is 4. The Bertz CT molecular complexity index is 1490. The van der Waals surface area contributed by atoms with Crippen LogP contribution in [0, 0.1) is 14.9 Å². The van der Waals surface area contributed by atoms with E-state index >= 15 is 0 Å². The van der Waals surface area contributed by atoms with Crippen molar-refractivity contribution < 1.29 is 25.8 Å². The molecule has 2 aromatic carbocycles. The van der Waals surface area contributed by atoms with Crippen LogP contribution in [0.2, 0.25) is 0 Å². The van der Waals surface area contributed by atoms with Crippen molar-refractivity contribution in [1.29, 1.82) is 0 Å². The number of hydrogen-bond acceptors (Lipinski definition) is 2. The van der Waals surface area contributed by atoms with E-state index in [2.05, 4.69) is 132 Å². The molecule has 4 rings (SSSR count). The first-order chi connectivity index (χ1) is 23.3. The van der Waals surface area contributed by atoms with E-state index in [1.54, 1.807) is 0 Å². The number of aromatic nitrogens is 2. The van der Waals surface area contributed by atoms with Gasteiger partial charge < -0.3 is 35.5 Å². The van der Waals surface area contributed by atoms with Gasteiger partial charge in [-0.05, 0) is 91.4 Å². The van der Waals surface area contributed by atoms with Crippen molar-refractivity contribution in [1.82, 2.24) is 9.97 Å². The molecule has 2 heterocycles. The van der Waals surface area contributed by atoms with Crippen LogP contribution in [0.1, 0.15) is 171 Å². The maximum atomic E-state index is 5.06. The summed E-state index contributed by atoms with van der Waals surface area (Å²) in [5.74, 6) is 4.32. The van der Waals surface area contributed by atoms with Gasteiger partial charge in [-0.1, -0.05) is 188 Å². The first-order valence-corrected chi connectivity index (χ1v) is 18.9. The zero-order valence-electron chi connectivity index (χ0n) is 35.1. The third kappa shape index (κ3) is 12.1. The van der Waals surface area contributed by atoms with E-state index in [1.807, 2.05) is 12.1 Å². The molecule has 0 unspecified atom stereocenters. The van der Waals surface area contributed by atoms with Gasteiger partial charge in [0.2, 0.25) is 0 Å². The second kappa shape index (κ2) is 21.8. The molecule has 0 radical (unpaired) electrons. The number of rotatable bonds is 16. The standard InChI is InChI=1S/C45H62N4.2CH3.Hf/c1-28(2)34-24-36(30(5)6)44(37(25-34)31(7)8)40-18-16-20-42(48-40)46-22-14-13-15-23-47-43-21-17-19-41(49-43)45-38(32(9)10)26-35(29(3)4)27-39(45)33(11)12;;;/h16-21,24-33H,13-15,22-23H2,1-12H3;2*1H3;/q-2;2*-1;+4. The number of pyridine rings is 2. The maximum Gasteiger partial charge on any atom is 4.00 e. The number of hydrogen-bond donors (Lipinski definition) is 0. The third-order valence-corrected chi connectivity index (χ3v) is 9.61. The first kappa shape index (κ1) is 47.2. The summed E-state index contributed by atoms with van der Waals surface area (Å²) in [4.78, 5) is 10.1. The molecule has 0 aliphatic rings. The summed E-state index contributed by atoms with van der Waals surface area (Å²) in [7, 11) is 0. The second-order valence-electron chi connectivity index (χ2n) is 15.7. The molecular formula is C47H68HfN4. The predicted molar refractivity (Wildman–Crippen MR) is 226 cm³/mol. The number of unbranched alkanes of at least 4 members (excludes halogenated alkanes) is 2. The van der Waals surface area contributed by atoms with Crippen LogP contribution in [-0.4, -0.2) is 23.1 Å². The van der Waals surface area contributed by atoms with E-state index in [1.165, 1.54) is 44.5 Å². The van der Waals surface area contributed by atoms with Crippen LogP contribution in [0.3, 0.4) is 0 Å². The minimum Gasteiger partial charge on any atom is -0.466 e. The van der Waals surface area contributed by atoms with Crippen molar-refractivity contribution >= 4 is 11.6 Å². The topological polar surface area (TPSA) is 54.0 Å². The molecule has 0 aliphatic heterocycles. The minimum atomic E-state index is 0. The molecule has 0 aliphatic carbocycles. The molecule has 0 fully saturated rings. The van der Waals surface area contributed by atoms with Crippen LogP contribution in [0.5, 0.6) is 0 Å². The minimum absolute atomic E-state index is 0. The Balaban J connectivity index is 0.00000451. The Hall–Kier alpha value is -2.79. The average molecular weight is 868 g/mol. The predicted octanol–water partition coefficient (Wildman–Crippen LogP) is 15.3. The molecular weight excluding hydrogens is 799 g/mol. The molecule has 5 heteroatoms. The van der Waals surface area contributed by atoms with Gasteiger partial charge >= 0.3 is 25.8 Å². The monoisotopic (exact) mass is 868 g/mol. The summed E-state index contributed by atoms with van der Waals surface area (Å²) >= 11 is 0. The molecule has 0 atom stereocenters. The second-order valence-corrected chi connectivity index (χ2v) is 15.7. The van der Waals surface area contributed by atoms with Gasteiger partial charge in [-0.15, -0.1) is 0 Å². The Morgan fingerprint density at radius 1 is 0.442 bits per heavy atom. The molecule has 0 saturated carbocycles. The maximum absolute atomic E-state index is 5.06. The average Bonchev–Trinajstić information content (AvgIpc) is 3.06. The van der Waals surface area contributed by atoms with Gasteiger partial charge in [0.1, 0.15) is 0 Å². The molecule has 0 N–H and O–H groups in total. The smallest absolute Gasteiger partial charge is 0.466 e. The fraction of sp³-hybridized carbons (Fsp3) is 0.489. The van der Waals surface area contributed by atoms with Crippen molar-refractivity contribution in [2.75, 3.05) is 13.1 Å². The third-order valence-electron chi connectivity index (χ3n) is 9.61. The molecule has 0 saturated heterocycles. The SMILES string of the molecule is CC(C)c1cc(C(C)C)c(-c2cccc([N-]CCCCC[N-]c3cccc(-c4c(C(C)C)cc(C(C)C)cc4C(C)C)n3)n2)c(C(C)C)c1.[CH3-].[CH3-].[Hf+4]. The zero-order chi connectivity index (χ0) is 35.8. The summed E-state index contributed by atoms with van der Waals surface area (Å²) in [6.07, 6.45) is 3.11. The molecule has 52 heavy (non-hydrogen) atoms. The Morgan fingerprint density at radius 3 is 1.02 bits per heavy atom. The molecule has 4 nitrogen and oxygen atoms in total. The van der Waals surface area contributed by atoms with Gasteiger partial charge in [0, 0.05) is 0 Å². The molecule has 4 aromatic rings. The zero-order valence-corrected chi connectivity index (χ0v) is 38.7. The summed E-state index contributed by atoms with van der Waals surface area (Å²) in [5, 5.41) is 9.79. The Labute approximate surface area is 338 Å². The van der Waals surface area contributed by atoms with Crippen LogP contribution < -0.4 is 0 Å². The van der Waals surface area contributed by atoms with Crippen LogP contribution in [0.25, 0.3) is 33.1 Å². The normalized spacial score (nSPS) is 11.3. The van der Waals surface area contributed by atoms with Crippen molar-refractivity contribution in [2.45, 2.75) is 138 Å². The van der Waals surface area contributed by atoms with Gasteiger partial charge in [0.05, 0.1) is 0 Å². The van der Waals surface area contributed by atoms with E-state index in [4.69, 9.17) is 20.6 Å². The van der Waals surface area contributed by atoms with Gasteiger partial charge in [-0.2, -0.15) is 0 Å². The fourth-order valence-electron chi connectivity index (χ4n) is 6.59. The van der Waals surface area contributed by atoms with Gasteiger partial charge in [-0.3, -0.25) is 0 Å². The van der Waals surface area contributed by atoms with E-state index in [0.29, 0.717) is 35.5 Å². The fourth-order valence-corrected chi connectivity index (χ4v) is 6.59. The van der Waals surface area contributed by atoms with Crippen LogP contribution in [0.15, 0.2) is 60.7 Å². The van der Waals surface area contributed by atoms with Gasteiger partial charge in [0.25, 0.3) is 0 Å². The first-order valence-electron chi connectivity index (χ1n) is 18.9. The van der Waals surface area contributed by atoms with Crippen molar-refractivity contribution in [3.63, 3.8) is 0 Å². The molecule has 0 amide bonds. The van der Waals surface area contributed by atoms with Crippen LogP contribution in [0.4, 0.5) is 11.6 Å². The van der Waals surface area contributed by atoms with Gasteiger partial charge in [-0.25, -0.2) is 0 Å². The molecule has 280 valence electrons. The largest absolute Gasteiger partial charge is 4.00 e. The molecule has 2 aromatic heterocycles. The summed E-state index contributed by atoms with van der Waals surface area (Å²) in [6.45, 7) is 29.0. The van der Waals surface area contributed by atoms with Crippen molar-refractivity contribution in [2.24, 2.45) is 0 Å². The summed E-state index contributed by atoms with van der Waals surface area (Å²) in [5.41, 5.74) is 13.0. The van der Waals surface area contributed by atoms with Gasteiger partial charge in [0.15, 0.2) is 0 Å². The molecule has 0 spiro atoms. The van der Waals surface area contributed by atoms with Crippen LogP contribution in [-0.2, 0) is 25.8 Å². The Morgan fingerprint density at radius 2 is 0.750 bits per heavy atom. The van der Waals surface area contributed by atoms with E-state index < -0.39 is 0 Å².